The van der Waals surface area contributed by atoms with Gasteiger partial charge in [-0.2, -0.15) is 0 Å². The number of amides is 2. The van der Waals surface area contributed by atoms with E-state index in [0.29, 0.717) is 20.0 Å². The third-order valence-corrected chi connectivity index (χ3v) is 8.37. The number of fused-ring (bicyclic) bond motifs is 1. The van der Waals surface area contributed by atoms with Gasteiger partial charge < -0.3 is 15.4 Å². The Hall–Kier alpha value is -2.76. The minimum atomic E-state index is -0.479. The molecule has 2 amide bonds. The van der Waals surface area contributed by atoms with Gasteiger partial charge >= 0.3 is 5.97 Å². The average Bonchev–Trinajstić information content (AvgIpc) is 3.51. The number of esters is 1. The molecule has 0 fully saturated rings. The van der Waals surface area contributed by atoms with E-state index < -0.39 is 11.2 Å². The van der Waals surface area contributed by atoms with E-state index in [9.17, 15) is 14.4 Å². The largest absolute Gasteiger partial charge is 0.462 e. The Kier molecular flexibility index (Phi) is 7.96. The van der Waals surface area contributed by atoms with Crippen molar-refractivity contribution in [3.05, 3.63) is 51.9 Å². The molecule has 0 bridgehead atoms. The van der Waals surface area contributed by atoms with E-state index in [1.165, 1.54) is 34.4 Å². The molecule has 1 aromatic carbocycles. The van der Waals surface area contributed by atoms with Crippen molar-refractivity contribution in [2.24, 2.45) is 0 Å². The number of ether oxygens (including phenoxy) is 1. The van der Waals surface area contributed by atoms with Crippen LogP contribution >= 0.6 is 34.4 Å². The second-order valence-corrected chi connectivity index (χ2v) is 11.3. The summed E-state index contributed by atoms with van der Waals surface area (Å²) in [6.45, 7) is 3.81. The van der Waals surface area contributed by atoms with E-state index in [1.54, 1.807) is 13.8 Å². The van der Waals surface area contributed by atoms with Crippen molar-refractivity contribution in [2.45, 2.75) is 49.1 Å². The lowest BCUT2D eigenvalue weighted by molar-refractivity contribution is -0.116. The molecule has 0 saturated carbocycles. The molecule has 34 heavy (non-hydrogen) atoms. The van der Waals surface area contributed by atoms with E-state index in [1.807, 2.05) is 30.3 Å². The van der Waals surface area contributed by atoms with Crippen LogP contribution in [0.3, 0.4) is 0 Å². The van der Waals surface area contributed by atoms with Gasteiger partial charge in [0.1, 0.15) is 5.00 Å². The van der Waals surface area contributed by atoms with Crippen LogP contribution < -0.4 is 10.6 Å². The summed E-state index contributed by atoms with van der Waals surface area (Å²) in [6, 6.07) is 9.44. The third-order valence-electron chi connectivity index (χ3n) is 5.14. The summed E-state index contributed by atoms with van der Waals surface area (Å²) in [5.41, 5.74) is 2.40. The lowest BCUT2D eigenvalue weighted by Gasteiger charge is -2.11. The van der Waals surface area contributed by atoms with Crippen LogP contribution in [-0.4, -0.2) is 39.8 Å². The topological polar surface area (TPSA) is 110 Å². The lowest BCUT2D eigenvalue weighted by Crippen LogP contribution is -2.23. The van der Waals surface area contributed by atoms with Gasteiger partial charge in [-0.3, -0.25) is 9.59 Å². The summed E-state index contributed by atoms with van der Waals surface area (Å²) in [5.74, 6) is -0.806. The van der Waals surface area contributed by atoms with Crippen LogP contribution in [0.4, 0.5) is 10.1 Å². The molecule has 2 heterocycles. The first-order valence-electron chi connectivity index (χ1n) is 10.9. The first-order chi connectivity index (χ1) is 16.4. The molecule has 1 aliphatic rings. The van der Waals surface area contributed by atoms with Gasteiger partial charge in [0, 0.05) is 4.88 Å². The van der Waals surface area contributed by atoms with Gasteiger partial charge in [0.15, 0.2) is 4.34 Å². The number of aryl methyl sites for hydroxylation is 1. The quantitative estimate of drug-likeness (QED) is 0.244. The molecule has 4 rings (SSSR count). The summed E-state index contributed by atoms with van der Waals surface area (Å²) in [7, 11) is 0. The number of anilines is 2. The number of thioether (sulfide) groups is 1. The zero-order valence-corrected chi connectivity index (χ0v) is 21.2. The van der Waals surface area contributed by atoms with Gasteiger partial charge in [0.25, 0.3) is 0 Å². The maximum absolute atomic E-state index is 12.9. The predicted molar refractivity (Wildman–Crippen MR) is 135 cm³/mol. The predicted octanol–water partition coefficient (Wildman–Crippen LogP) is 4.57. The van der Waals surface area contributed by atoms with Crippen LogP contribution in [0.2, 0.25) is 0 Å². The number of nitrogens with one attached hydrogen (secondary N) is 2. The summed E-state index contributed by atoms with van der Waals surface area (Å²) >= 11 is 3.91. The van der Waals surface area contributed by atoms with E-state index in [2.05, 4.69) is 20.8 Å². The van der Waals surface area contributed by atoms with Crippen molar-refractivity contribution < 1.29 is 19.1 Å². The first-order valence-corrected chi connectivity index (χ1v) is 13.4. The molecule has 0 saturated heterocycles. The Bertz CT molecular complexity index is 1190. The number of rotatable bonds is 9. The highest BCUT2D eigenvalue weighted by Gasteiger charge is 2.29. The molecule has 1 aliphatic carbocycles. The fourth-order valence-corrected chi connectivity index (χ4v) is 6.77. The molecule has 0 radical (unpaired) electrons. The second kappa shape index (κ2) is 11.1. The zero-order valence-electron chi connectivity index (χ0n) is 18.8. The normalized spacial score (nSPS) is 13.2. The molecular formula is C23H24N4O4S3. The van der Waals surface area contributed by atoms with Crippen LogP contribution in [0.15, 0.2) is 34.7 Å². The molecule has 8 nitrogen and oxygen atoms in total. The van der Waals surface area contributed by atoms with Gasteiger partial charge in [-0.25, -0.2) is 4.79 Å². The zero-order chi connectivity index (χ0) is 24.1. The standard InChI is InChI=1S/C23H24N4O4S3/c1-3-31-21(30)18-15-10-7-11-16(15)33-20(18)25-19(29)13(2)32-23-27-26-22(34-23)24-17(28)12-14-8-5-4-6-9-14/h4-6,8-9,13H,3,7,10-12H2,1-2H3,(H,25,29)(H,24,26,28). The van der Waals surface area contributed by atoms with Gasteiger partial charge in [-0.05, 0) is 44.2 Å². The number of nitrogens with zero attached hydrogens (tertiary/aromatic N) is 2. The highest BCUT2D eigenvalue weighted by Crippen LogP contribution is 2.40. The minimum Gasteiger partial charge on any atom is -0.462 e. The minimum absolute atomic E-state index is 0.179. The fourth-order valence-electron chi connectivity index (χ4n) is 3.58. The Morgan fingerprint density at radius 1 is 1.12 bits per heavy atom. The van der Waals surface area contributed by atoms with Gasteiger partial charge in [0.05, 0.1) is 23.8 Å². The maximum Gasteiger partial charge on any atom is 0.341 e. The Labute approximate surface area is 209 Å². The molecule has 2 aromatic heterocycles. The number of hydrogen-bond acceptors (Lipinski definition) is 9. The van der Waals surface area contributed by atoms with Gasteiger partial charge in [-0.1, -0.05) is 53.4 Å². The van der Waals surface area contributed by atoms with E-state index in [-0.39, 0.29) is 24.8 Å². The van der Waals surface area contributed by atoms with Crippen LogP contribution in [0.25, 0.3) is 0 Å². The van der Waals surface area contributed by atoms with Crippen molar-refractivity contribution >= 4 is 62.4 Å². The summed E-state index contributed by atoms with van der Waals surface area (Å²) in [6.07, 6.45) is 2.99. The van der Waals surface area contributed by atoms with Gasteiger partial charge in [-0.15, -0.1) is 21.5 Å². The molecule has 1 atom stereocenters. The fraction of sp³-hybridized carbons (Fsp3) is 0.348. The number of benzene rings is 1. The number of thiophene rings is 1. The van der Waals surface area contributed by atoms with Crippen LogP contribution in [0.1, 0.15) is 46.6 Å². The highest BCUT2D eigenvalue weighted by molar-refractivity contribution is 8.02. The maximum atomic E-state index is 12.9. The number of aromatic nitrogens is 2. The van der Waals surface area contributed by atoms with Gasteiger partial charge in [0.2, 0.25) is 16.9 Å². The van der Waals surface area contributed by atoms with Crippen LogP contribution in [0, 0.1) is 0 Å². The van der Waals surface area contributed by atoms with Crippen molar-refractivity contribution in [3.8, 4) is 0 Å². The van der Waals surface area contributed by atoms with Crippen molar-refractivity contribution in [3.63, 3.8) is 0 Å². The average molecular weight is 517 g/mol. The SMILES string of the molecule is CCOC(=O)c1c(NC(=O)C(C)Sc2nnc(NC(=O)Cc3ccccc3)s2)sc2c1CCC2. The Morgan fingerprint density at radius 3 is 2.68 bits per heavy atom. The molecule has 0 spiro atoms. The molecule has 11 heteroatoms. The molecule has 178 valence electrons. The van der Waals surface area contributed by atoms with Crippen molar-refractivity contribution in [2.75, 3.05) is 17.2 Å². The molecule has 0 aliphatic heterocycles. The smallest absolute Gasteiger partial charge is 0.341 e. The number of carbonyl (C=O) groups is 3. The van der Waals surface area contributed by atoms with Crippen LogP contribution in [0.5, 0.6) is 0 Å². The molecule has 3 aromatic rings. The summed E-state index contributed by atoms with van der Waals surface area (Å²) in [5, 5.41) is 14.2. The van der Waals surface area contributed by atoms with Crippen molar-refractivity contribution in [1.82, 2.24) is 10.2 Å². The lowest BCUT2D eigenvalue weighted by atomic mass is 10.1. The molecular weight excluding hydrogens is 492 g/mol. The summed E-state index contributed by atoms with van der Waals surface area (Å²) < 4.78 is 5.79. The van der Waals surface area contributed by atoms with E-state index in [4.69, 9.17) is 4.74 Å². The van der Waals surface area contributed by atoms with Crippen molar-refractivity contribution in [1.29, 1.82) is 0 Å². The Balaban J connectivity index is 1.35. The first kappa shape index (κ1) is 24.4. The number of hydrogen-bond donors (Lipinski definition) is 2. The van der Waals surface area contributed by atoms with Crippen LogP contribution in [-0.2, 0) is 33.6 Å². The second-order valence-electron chi connectivity index (χ2n) is 7.61. The van der Waals surface area contributed by atoms with E-state index in [0.717, 1.165) is 35.3 Å². The number of carbonyl (C=O) groups excluding carboxylic acids is 3. The molecule has 2 N–H and O–H groups in total. The Morgan fingerprint density at radius 2 is 1.91 bits per heavy atom. The summed E-state index contributed by atoms with van der Waals surface area (Å²) in [4.78, 5) is 38.8. The monoisotopic (exact) mass is 516 g/mol. The highest BCUT2D eigenvalue weighted by atomic mass is 32.2. The molecule has 1 unspecified atom stereocenters. The third kappa shape index (κ3) is 5.83. The van der Waals surface area contributed by atoms with E-state index >= 15 is 0 Å².